The van der Waals surface area contributed by atoms with Gasteiger partial charge in [-0.25, -0.2) is 14.6 Å². The molecule has 1 fully saturated rings. The smallest absolute Gasteiger partial charge is 0.360 e. The first-order valence-electron chi connectivity index (χ1n) is 10.8. The summed E-state index contributed by atoms with van der Waals surface area (Å²) in [6, 6.07) is 17.7. The summed E-state index contributed by atoms with van der Waals surface area (Å²) in [4.78, 5) is 42.5. The van der Waals surface area contributed by atoms with Crippen LogP contribution in [0, 0.1) is 0 Å². The van der Waals surface area contributed by atoms with Gasteiger partial charge in [-0.05, 0) is 24.1 Å². The second kappa shape index (κ2) is 10.4. The average molecular weight is 463 g/mol. The van der Waals surface area contributed by atoms with Crippen LogP contribution < -0.4 is 15.6 Å². The number of aromatic nitrogens is 2. The van der Waals surface area contributed by atoms with Crippen LogP contribution in [0.2, 0.25) is 0 Å². The van der Waals surface area contributed by atoms with Gasteiger partial charge in [0.05, 0.1) is 31.4 Å². The van der Waals surface area contributed by atoms with Gasteiger partial charge in [-0.2, -0.15) is 0 Å². The summed E-state index contributed by atoms with van der Waals surface area (Å²) in [5, 5.41) is 3.29. The Hall–Kier alpha value is -3.82. The van der Waals surface area contributed by atoms with Gasteiger partial charge >= 0.3 is 11.9 Å². The fourth-order valence-electron chi connectivity index (χ4n) is 3.78. The predicted octanol–water partition coefficient (Wildman–Crippen LogP) is 2.41. The van der Waals surface area contributed by atoms with Gasteiger partial charge in [0.25, 0.3) is 5.56 Å². The molecule has 2 aromatic carbocycles. The highest BCUT2D eigenvalue weighted by Gasteiger charge is 2.32. The highest BCUT2D eigenvalue weighted by molar-refractivity contribution is 5.94. The lowest BCUT2D eigenvalue weighted by atomic mass is 10.1. The summed E-state index contributed by atoms with van der Waals surface area (Å²) >= 11 is 0. The second-order valence-corrected chi connectivity index (χ2v) is 7.87. The lowest BCUT2D eigenvalue weighted by Gasteiger charge is -2.17. The molecule has 1 aromatic heterocycles. The third-order valence-corrected chi connectivity index (χ3v) is 5.60. The Morgan fingerprint density at radius 3 is 2.41 bits per heavy atom. The summed E-state index contributed by atoms with van der Waals surface area (Å²) in [5.41, 5.74) is 0.291. The molecule has 0 bridgehead atoms. The topological polar surface area (TPSA) is 109 Å². The van der Waals surface area contributed by atoms with Crippen LogP contribution in [-0.4, -0.2) is 41.2 Å². The van der Waals surface area contributed by atoms with Crippen molar-refractivity contribution < 1.29 is 23.8 Å². The van der Waals surface area contributed by atoms with Crippen LogP contribution in [0.15, 0.2) is 65.5 Å². The highest BCUT2D eigenvalue weighted by Crippen LogP contribution is 2.26. The monoisotopic (exact) mass is 463 g/mol. The van der Waals surface area contributed by atoms with Crippen LogP contribution in [0.3, 0.4) is 0 Å². The quantitative estimate of drug-likeness (QED) is 0.532. The van der Waals surface area contributed by atoms with Gasteiger partial charge in [0, 0.05) is 13.6 Å². The minimum Gasteiger partial charge on any atom is -0.464 e. The zero-order valence-electron chi connectivity index (χ0n) is 18.9. The molecule has 0 aliphatic carbocycles. The summed E-state index contributed by atoms with van der Waals surface area (Å²) in [6.07, 6.45) is 0.455. The van der Waals surface area contributed by atoms with Crippen molar-refractivity contribution in [2.75, 3.05) is 13.7 Å². The maximum absolute atomic E-state index is 13.1. The fraction of sp³-hybridized carbons (Fsp3) is 0.280. The van der Waals surface area contributed by atoms with Crippen LogP contribution in [-0.2, 0) is 23.1 Å². The largest absolute Gasteiger partial charge is 0.464 e. The van der Waals surface area contributed by atoms with Crippen molar-refractivity contribution >= 4 is 11.9 Å². The summed E-state index contributed by atoms with van der Waals surface area (Å²) in [5.74, 6) is -1.78. The summed E-state index contributed by atoms with van der Waals surface area (Å²) in [6.45, 7) is 1.03. The molecule has 0 radical (unpaired) electrons. The van der Waals surface area contributed by atoms with Gasteiger partial charge in [-0.3, -0.25) is 9.36 Å². The van der Waals surface area contributed by atoms with Gasteiger partial charge < -0.3 is 19.5 Å². The number of hydrogen-bond donors (Lipinski definition) is 1. The number of ether oxygens (including phenoxy) is 3. The minimum absolute atomic E-state index is 0.0979. The van der Waals surface area contributed by atoms with Gasteiger partial charge in [0.2, 0.25) is 5.75 Å². The zero-order valence-corrected chi connectivity index (χ0v) is 18.9. The number of nitrogens with one attached hydrogen (secondary N) is 1. The van der Waals surface area contributed by atoms with Gasteiger partial charge in [-0.1, -0.05) is 48.5 Å². The van der Waals surface area contributed by atoms with E-state index < -0.39 is 23.2 Å². The van der Waals surface area contributed by atoms with Crippen LogP contribution in [0.1, 0.15) is 44.7 Å². The molecule has 0 saturated carbocycles. The molecule has 0 amide bonds. The molecule has 3 aromatic rings. The van der Waals surface area contributed by atoms with Crippen molar-refractivity contribution in [1.82, 2.24) is 14.9 Å². The van der Waals surface area contributed by atoms with Crippen LogP contribution >= 0.6 is 0 Å². The first kappa shape index (κ1) is 23.3. The Morgan fingerprint density at radius 2 is 1.74 bits per heavy atom. The Morgan fingerprint density at radius 1 is 1.06 bits per heavy atom. The Balaban J connectivity index is 1.56. The van der Waals surface area contributed by atoms with Gasteiger partial charge in [-0.15, -0.1) is 0 Å². The standard InChI is InChI=1S/C25H25N3O6/c1-28-22(19-13-18(14-26-19)33-15-16-9-5-3-6-10-16)27-20(25(31)32-2)21(23(28)29)34-24(30)17-11-7-4-8-12-17/h3-12,18-19,26H,13-15H2,1-2H3/t18-,19+/m1/s1. The highest BCUT2D eigenvalue weighted by atomic mass is 16.5. The number of carbonyl (C=O) groups is 2. The van der Waals surface area contributed by atoms with E-state index in [4.69, 9.17) is 14.2 Å². The number of nitrogens with zero attached hydrogens (tertiary/aromatic N) is 2. The number of hydrogen-bond acceptors (Lipinski definition) is 8. The van der Waals surface area contributed by atoms with Crippen molar-refractivity contribution in [2.24, 2.45) is 7.05 Å². The lowest BCUT2D eigenvalue weighted by Crippen LogP contribution is -2.32. The van der Waals surface area contributed by atoms with Gasteiger partial charge in [0.15, 0.2) is 5.69 Å². The number of methoxy groups -OCH3 is 1. The van der Waals surface area contributed by atoms with Crippen LogP contribution in [0.25, 0.3) is 0 Å². The van der Waals surface area contributed by atoms with E-state index in [2.05, 4.69) is 10.3 Å². The molecule has 9 nitrogen and oxygen atoms in total. The van der Waals surface area contributed by atoms with Crippen LogP contribution in [0.4, 0.5) is 0 Å². The van der Waals surface area contributed by atoms with E-state index >= 15 is 0 Å². The molecule has 1 N–H and O–H groups in total. The molecule has 2 heterocycles. The van der Waals surface area contributed by atoms with Crippen molar-refractivity contribution in [3.8, 4) is 5.75 Å². The van der Waals surface area contributed by atoms with E-state index in [9.17, 15) is 14.4 Å². The molecule has 0 spiro atoms. The molecule has 9 heteroatoms. The van der Waals surface area contributed by atoms with Crippen molar-refractivity contribution in [3.63, 3.8) is 0 Å². The van der Waals surface area contributed by atoms with E-state index in [-0.39, 0.29) is 23.4 Å². The maximum atomic E-state index is 13.1. The van der Waals surface area contributed by atoms with E-state index in [1.165, 1.54) is 18.7 Å². The lowest BCUT2D eigenvalue weighted by molar-refractivity contribution is 0.0523. The summed E-state index contributed by atoms with van der Waals surface area (Å²) < 4.78 is 17.4. The van der Waals surface area contributed by atoms with Crippen molar-refractivity contribution in [2.45, 2.75) is 25.2 Å². The molecule has 4 rings (SSSR count). The van der Waals surface area contributed by atoms with E-state index in [1.54, 1.807) is 30.3 Å². The molecule has 34 heavy (non-hydrogen) atoms. The normalized spacial score (nSPS) is 17.4. The van der Waals surface area contributed by atoms with Crippen LogP contribution in [0.5, 0.6) is 5.75 Å². The molecular weight excluding hydrogens is 438 g/mol. The zero-order chi connectivity index (χ0) is 24.1. The third kappa shape index (κ3) is 5.05. The Kier molecular flexibility index (Phi) is 7.15. The van der Waals surface area contributed by atoms with Crippen molar-refractivity contribution in [1.29, 1.82) is 0 Å². The average Bonchev–Trinajstić information content (AvgIpc) is 3.35. The molecule has 1 aliphatic rings. The predicted molar refractivity (Wildman–Crippen MR) is 123 cm³/mol. The van der Waals surface area contributed by atoms with E-state index in [0.29, 0.717) is 25.4 Å². The first-order valence-corrected chi connectivity index (χ1v) is 10.8. The number of benzene rings is 2. The number of carbonyl (C=O) groups excluding carboxylic acids is 2. The molecule has 176 valence electrons. The second-order valence-electron chi connectivity index (χ2n) is 7.87. The fourth-order valence-corrected chi connectivity index (χ4v) is 3.78. The number of esters is 2. The van der Waals surface area contributed by atoms with Gasteiger partial charge in [0.1, 0.15) is 5.82 Å². The number of rotatable bonds is 7. The molecule has 1 aliphatic heterocycles. The first-order chi connectivity index (χ1) is 16.5. The molecule has 2 atom stereocenters. The Labute approximate surface area is 196 Å². The SMILES string of the molecule is COC(=O)c1nc([C@@H]2C[C@@H](OCc3ccccc3)CN2)n(C)c(=O)c1OC(=O)c1ccccc1. The van der Waals surface area contributed by atoms with Crippen molar-refractivity contribution in [3.05, 3.63) is 93.7 Å². The molecular formula is C25H25N3O6. The third-order valence-electron chi connectivity index (χ3n) is 5.60. The minimum atomic E-state index is -0.871. The Bertz CT molecular complexity index is 1230. The summed E-state index contributed by atoms with van der Waals surface area (Å²) in [7, 11) is 2.69. The maximum Gasteiger partial charge on any atom is 0.360 e. The molecule has 1 saturated heterocycles. The van der Waals surface area contributed by atoms with E-state index in [1.807, 2.05) is 30.3 Å². The molecule has 0 unspecified atom stereocenters. The van der Waals surface area contributed by atoms with E-state index in [0.717, 1.165) is 5.56 Å².